The topological polar surface area (TPSA) is 124 Å². The molecule has 0 fully saturated rings. The van der Waals surface area contributed by atoms with E-state index in [0.717, 1.165) is 17.0 Å². The number of aromatic carboxylic acids is 1. The lowest BCUT2D eigenvalue weighted by molar-refractivity contribution is -0.116. The Hall–Kier alpha value is -3.20. The molecule has 0 saturated heterocycles. The van der Waals surface area contributed by atoms with Crippen LogP contribution in [-0.2, 0) is 4.79 Å². The molecule has 132 valence electrons. The Bertz CT molecular complexity index is 972. The van der Waals surface area contributed by atoms with Crippen LogP contribution in [-0.4, -0.2) is 45.3 Å². The minimum atomic E-state index is -1.23. The van der Waals surface area contributed by atoms with Crippen molar-refractivity contribution in [3.05, 3.63) is 57.6 Å². The maximum atomic E-state index is 12.3. The van der Waals surface area contributed by atoms with Crippen LogP contribution in [0.15, 0.2) is 40.9 Å². The van der Waals surface area contributed by atoms with Crippen molar-refractivity contribution in [3.8, 4) is 5.75 Å². The monoisotopic (exact) mass is 418 g/mol. The lowest BCUT2D eigenvalue weighted by atomic mass is 10.1. The number of hydrogen-bond acceptors (Lipinski definition) is 5. The number of nitrogens with zero attached hydrogens (tertiary/aromatic N) is 1. The molecule has 9 heteroatoms. The van der Waals surface area contributed by atoms with E-state index in [0.29, 0.717) is 4.47 Å². The Morgan fingerprint density at radius 3 is 2.42 bits per heavy atom. The number of hydrogen-bond donors (Lipinski definition) is 3. The maximum Gasteiger partial charge on any atom is 0.335 e. The summed E-state index contributed by atoms with van der Waals surface area (Å²) in [5.74, 6) is -3.53. The highest BCUT2D eigenvalue weighted by molar-refractivity contribution is 9.10. The fourth-order valence-corrected chi connectivity index (χ4v) is 2.87. The zero-order valence-corrected chi connectivity index (χ0v) is 14.6. The van der Waals surface area contributed by atoms with E-state index in [-0.39, 0.29) is 28.1 Å². The third kappa shape index (κ3) is 3.16. The summed E-state index contributed by atoms with van der Waals surface area (Å²) >= 11 is 3.22. The number of halogens is 1. The summed E-state index contributed by atoms with van der Waals surface area (Å²) < 4.78 is 0.624. The Morgan fingerprint density at radius 1 is 1.04 bits per heavy atom. The van der Waals surface area contributed by atoms with Gasteiger partial charge in [-0.1, -0.05) is 15.9 Å². The van der Waals surface area contributed by atoms with Crippen LogP contribution in [0.3, 0.4) is 0 Å². The van der Waals surface area contributed by atoms with Crippen molar-refractivity contribution in [1.82, 2.24) is 4.90 Å². The van der Waals surface area contributed by atoms with Crippen molar-refractivity contribution in [1.29, 1.82) is 0 Å². The SMILES string of the molecule is O=C(CN1C(=O)c2ccc(Br)cc2C1=O)Nc1cc(C(=O)O)ccc1O. The summed E-state index contributed by atoms with van der Waals surface area (Å²) in [5.41, 5.74) is 0.118. The Labute approximate surface area is 155 Å². The average molecular weight is 419 g/mol. The molecule has 2 aromatic rings. The van der Waals surface area contributed by atoms with Gasteiger partial charge >= 0.3 is 5.97 Å². The number of nitrogens with one attached hydrogen (secondary N) is 1. The number of anilines is 1. The van der Waals surface area contributed by atoms with Crippen LogP contribution in [0.2, 0.25) is 0 Å². The van der Waals surface area contributed by atoms with Gasteiger partial charge in [-0.15, -0.1) is 0 Å². The number of carboxylic acid groups (broad SMARTS) is 1. The zero-order valence-electron chi connectivity index (χ0n) is 13.0. The first kappa shape index (κ1) is 17.6. The van der Waals surface area contributed by atoms with E-state index in [2.05, 4.69) is 21.2 Å². The smallest absolute Gasteiger partial charge is 0.335 e. The number of phenolic OH excluding ortho intramolecular Hbond substituents is 1. The van der Waals surface area contributed by atoms with E-state index < -0.39 is 30.2 Å². The highest BCUT2D eigenvalue weighted by atomic mass is 79.9. The van der Waals surface area contributed by atoms with Crippen LogP contribution in [0.4, 0.5) is 5.69 Å². The Balaban J connectivity index is 1.77. The highest BCUT2D eigenvalue weighted by Crippen LogP contribution is 2.27. The van der Waals surface area contributed by atoms with Crippen LogP contribution < -0.4 is 5.32 Å². The second-order valence-electron chi connectivity index (χ2n) is 5.47. The van der Waals surface area contributed by atoms with Gasteiger partial charge in [0.15, 0.2) is 0 Å². The largest absolute Gasteiger partial charge is 0.506 e. The van der Waals surface area contributed by atoms with Crippen LogP contribution in [0.5, 0.6) is 5.75 Å². The molecule has 3 N–H and O–H groups in total. The number of fused-ring (bicyclic) bond motifs is 1. The molecule has 1 aliphatic heterocycles. The number of imide groups is 1. The van der Waals surface area contributed by atoms with Crippen molar-refractivity contribution in [2.75, 3.05) is 11.9 Å². The fourth-order valence-electron chi connectivity index (χ4n) is 2.51. The molecule has 3 rings (SSSR count). The molecule has 0 radical (unpaired) electrons. The van der Waals surface area contributed by atoms with E-state index in [1.807, 2.05) is 0 Å². The van der Waals surface area contributed by atoms with Gasteiger partial charge in [0.1, 0.15) is 12.3 Å². The molecule has 0 atom stereocenters. The fraction of sp³-hybridized carbons (Fsp3) is 0.0588. The summed E-state index contributed by atoms with van der Waals surface area (Å²) in [7, 11) is 0. The van der Waals surface area contributed by atoms with Crippen LogP contribution >= 0.6 is 15.9 Å². The van der Waals surface area contributed by atoms with Gasteiger partial charge in [0, 0.05) is 4.47 Å². The summed E-state index contributed by atoms with van der Waals surface area (Å²) in [6.07, 6.45) is 0. The van der Waals surface area contributed by atoms with Crippen LogP contribution in [0.25, 0.3) is 0 Å². The molecule has 3 amide bonds. The number of carbonyl (C=O) groups excluding carboxylic acids is 3. The first-order valence-corrected chi connectivity index (χ1v) is 8.09. The second-order valence-corrected chi connectivity index (χ2v) is 6.39. The van der Waals surface area contributed by atoms with Crippen molar-refractivity contribution >= 4 is 45.3 Å². The zero-order chi connectivity index (χ0) is 19.0. The quantitative estimate of drug-likeness (QED) is 0.515. The summed E-state index contributed by atoms with van der Waals surface area (Å²) in [5, 5.41) is 21.0. The lowest BCUT2D eigenvalue weighted by Gasteiger charge is -2.14. The van der Waals surface area contributed by atoms with Crippen molar-refractivity contribution in [3.63, 3.8) is 0 Å². The average Bonchev–Trinajstić information content (AvgIpc) is 2.81. The summed E-state index contributed by atoms with van der Waals surface area (Å²) in [6.45, 7) is -0.569. The molecule has 0 saturated carbocycles. The van der Waals surface area contributed by atoms with Gasteiger partial charge in [-0.2, -0.15) is 0 Å². The molecule has 1 heterocycles. The first-order chi connectivity index (χ1) is 12.3. The maximum absolute atomic E-state index is 12.3. The van der Waals surface area contributed by atoms with Gasteiger partial charge in [-0.3, -0.25) is 19.3 Å². The minimum absolute atomic E-state index is 0.130. The van der Waals surface area contributed by atoms with Crippen molar-refractivity contribution in [2.24, 2.45) is 0 Å². The first-order valence-electron chi connectivity index (χ1n) is 7.30. The molecule has 0 spiro atoms. The highest BCUT2D eigenvalue weighted by Gasteiger charge is 2.36. The lowest BCUT2D eigenvalue weighted by Crippen LogP contribution is -2.37. The molecule has 2 aromatic carbocycles. The number of carbonyl (C=O) groups is 4. The number of phenols is 1. The number of benzene rings is 2. The Morgan fingerprint density at radius 2 is 1.73 bits per heavy atom. The van der Waals surface area contributed by atoms with Gasteiger partial charge in [-0.05, 0) is 36.4 Å². The second kappa shape index (κ2) is 6.60. The summed E-state index contributed by atoms with van der Waals surface area (Å²) in [6, 6.07) is 7.97. The van der Waals surface area contributed by atoms with Crippen molar-refractivity contribution in [2.45, 2.75) is 0 Å². The van der Waals surface area contributed by atoms with Gasteiger partial charge in [0.25, 0.3) is 11.8 Å². The standard InChI is InChI=1S/C17H11BrN2O6/c18-9-2-3-10-11(6-9)16(24)20(15(10)23)7-14(22)19-12-5-8(17(25)26)1-4-13(12)21/h1-6,21H,7H2,(H,19,22)(H,25,26). The molecule has 1 aliphatic rings. The molecule has 0 bridgehead atoms. The van der Waals surface area contributed by atoms with Gasteiger partial charge in [0.05, 0.1) is 22.4 Å². The number of aromatic hydroxyl groups is 1. The van der Waals surface area contributed by atoms with Crippen LogP contribution in [0, 0.1) is 0 Å². The Kier molecular flexibility index (Phi) is 4.47. The van der Waals surface area contributed by atoms with E-state index in [1.54, 1.807) is 6.07 Å². The minimum Gasteiger partial charge on any atom is -0.506 e. The number of rotatable bonds is 4. The van der Waals surface area contributed by atoms with E-state index in [4.69, 9.17) is 5.11 Å². The third-order valence-corrected chi connectivity index (χ3v) is 4.25. The molecular weight excluding hydrogens is 408 g/mol. The van der Waals surface area contributed by atoms with Gasteiger partial charge in [0.2, 0.25) is 5.91 Å². The van der Waals surface area contributed by atoms with Gasteiger partial charge < -0.3 is 15.5 Å². The molecule has 26 heavy (non-hydrogen) atoms. The molecule has 8 nitrogen and oxygen atoms in total. The molecule has 0 unspecified atom stereocenters. The van der Waals surface area contributed by atoms with E-state index in [9.17, 15) is 24.3 Å². The van der Waals surface area contributed by atoms with Gasteiger partial charge in [-0.25, -0.2) is 4.79 Å². The predicted molar refractivity (Wildman–Crippen MR) is 93.2 cm³/mol. The van der Waals surface area contributed by atoms with E-state index in [1.165, 1.54) is 18.2 Å². The number of amides is 3. The normalized spacial score (nSPS) is 12.9. The molecule has 0 aliphatic carbocycles. The molecule has 0 aromatic heterocycles. The summed E-state index contributed by atoms with van der Waals surface area (Å²) in [4.78, 5) is 48.6. The number of carboxylic acids is 1. The molecular formula is C17H11BrN2O6. The van der Waals surface area contributed by atoms with E-state index >= 15 is 0 Å². The van der Waals surface area contributed by atoms with Crippen LogP contribution in [0.1, 0.15) is 31.1 Å². The predicted octanol–water partition coefficient (Wildman–Crippen LogP) is 2.09. The van der Waals surface area contributed by atoms with Crippen molar-refractivity contribution < 1.29 is 29.4 Å². The third-order valence-electron chi connectivity index (χ3n) is 3.75.